The molecule has 2 aliphatic carbocycles. The molecule has 3 aromatic rings. The third-order valence-electron chi connectivity index (χ3n) is 7.64. The van der Waals surface area contributed by atoms with E-state index in [0.717, 1.165) is 49.3 Å². The molecule has 1 saturated heterocycles. The summed E-state index contributed by atoms with van der Waals surface area (Å²) in [5.74, 6) is 1.87. The van der Waals surface area contributed by atoms with Gasteiger partial charge in [0, 0.05) is 44.3 Å². The molecule has 3 fully saturated rings. The molecule has 2 saturated carbocycles. The van der Waals surface area contributed by atoms with E-state index >= 15 is 0 Å². The molecule has 2 amide bonds. The Balaban J connectivity index is 0.00000280. The van der Waals surface area contributed by atoms with Crippen LogP contribution >= 0.6 is 12.4 Å². The average Bonchev–Trinajstić information content (AvgIpc) is 3.79. The van der Waals surface area contributed by atoms with Gasteiger partial charge in [-0.3, -0.25) is 9.59 Å². The summed E-state index contributed by atoms with van der Waals surface area (Å²) in [6.45, 7) is 2.07. The summed E-state index contributed by atoms with van der Waals surface area (Å²) < 4.78 is 9.84. The molecule has 1 aromatic carbocycles. The first kappa shape index (κ1) is 25.6. The molecular weight excluding hydrogens is 492 g/mol. The molecule has 1 aliphatic heterocycles. The van der Waals surface area contributed by atoms with Crippen molar-refractivity contribution < 1.29 is 14.3 Å². The minimum absolute atomic E-state index is 0. The molecule has 3 N–H and O–H groups in total. The van der Waals surface area contributed by atoms with E-state index in [9.17, 15) is 9.59 Å². The Bertz CT molecular complexity index is 1340. The predicted octanol–water partition coefficient (Wildman–Crippen LogP) is 3.34. The lowest BCUT2D eigenvalue weighted by atomic mass is 10.0. The highest BCUT2D eigenvalue weighted by Gasteiger charge is 2.30. The molecule has 3 aliphatic rings. The van der Waals surface area contributed by atoms with Crippen molar-refractivity contribution in [2.24, 2.45) is 18.7 Å². The fourth-order valence-corrected chi connectivity index (χ4v) is 5.30. The smallest absolute Gasteiger partial charge is 0.268 e. The molecule has 2 aromatic heterocycles. The summed E-state index contributed by atoms with van der Waals surface area (Å²) in [4.78, 5) is 33.1. The second-order valence-electron chi connectivity index (χ2n) is 10.6. The molecule has 1 atom stereocenters. The normalized spacial score (nSPS) is 19.5. The number of rotatable bonds is 7. The molecule has 3 heterocycles. The Morgan fingerprint density at radius 1 is 1.16 bits per heavy atom. The lowest BCUT2D eigenvalue weighted by Crippen LogP contribution is -2.45. The third kappa shape index (κ3) is 4.94. The van der Waals surface area contributed by atoms with Crippen molar-refractivity contribution in [3.05, 3.63) is 35.5 Å². The number of halogens is 1. The number of carbonyl (C=O) groups is 2. The van der Waals surface area contributed by atoms with E-state index in [4.69, 9.17) is 15.5 Å². The monoisotopic (exact) mass is 526 g/mol. The van der Waals surface area contributed by atoms with Gasteiger partial charge >= 0.3 is 0 Å². The van der Waals surface area contributed by atoms with Crippen molar-refractivity contribution in [1.29, 1.82) is 0 Å². The fraction of sp³-hybridized carbons (Fsp3) is 0.519. The van der Waals surface area contributed by atoms with Gasteiger partial charge in [0.05, 0.1) is 18.3 Å². The van der Waals surface area contributed by atoms with E-state index < -0.39 is 0 Å². The van der Waals surface area contributed by atoms with Gasteiger partial charge in [0.25, 0.3) is 11.8 Å². The van der Waals surface area contributed by atoms with E-state index in [1.807, 2.05) is 34.7 Å². The first-order valence-electron chi connectivity index (χ1n) is 13.0. The summed E-state index contributed by atoms with van der Waals surface area (Å²) in [5.41, 5.74) is 9.77. The second-order valence-corrected chi connectivity index (χ2v) is 10.6. The Hall–Kier alpha value is -3.04. The molecule has 0 spiro atoms. The number of hydrogen-bond donors (Lipinski definition) is 2. The van der Waals surface area contributed by atoms with E-state index in [1.165, 1.54) is 12.8 Å². The van der Waals surface area contributed by atoms with Gasteiger partial charge in [-0.15, -0.1) is 12.4 Å². The lowest BCUT2D eigenvalue weighted by molar-refractivity contribution is 0.0708. The van der Waals surface area contributed by atoms with Crippen LogP contribution in [0.25, 0.3) is 22.6 Å². The van der Waals surface area contributed by atoms with Crippen LogP contribution in [0.5, 0.6) is 5.75 Å². The quantitative estimate of drug-likeness (QED) is 0.491. The number of methoxy groups -OCH3 is 1. The minimum Gasteiger partial charge on any atom is -0.494 e. The maximum absolute atomic E-state index is 13.3. The number of ether oxygens (including phenoxy) is 1. The van der Waals surface area contributed by atoms with Gasteiger partial charge in [-0.05, 0) is 68.7 Å². The predicted molar refractivity (Wildman–Crippen MR) is 144 cm³/mol. The third-order valence-corrected chi connectivity index (χ3v) is 7.64. The van der Waals surface area contributed by atoms with Gasteiger partial charge in [0.1, 0.15) is 17.0 Å². The highest BCUT2D eigenvalue weighted by molar-refractivity contribution is 6.00. The van der Waals surface area contributed by atoms with Crippen molar-refractivity contribution in [3.63, 3.8) is 0 Å². The number of benzene rings is 1. The Kier molecular flexibility index (Phi) is 6.93. The standard InChI is InChI=1S/C27H34N6O3.ClH/c1-31-24-20(12-17(13-23(24)36-2)27(35)32-11-3-4-18(28)15-32)30-25(31)21-9-10-22(26(34)29-19-7-8-19)33(21)14-16-5-6-16;/h9-10,12-13,16,18-19H,3-8,11,14-15,28H2,1-2H3,(H,29,34);1H/t18-;/m1./s1. The van der Waals surface area contributed by atoms with E-state index in [2.05, 4.69) is 9.88 Å². The number of imidazole rings is 1. The number of aromatic nitrogens is 3. The van der Waals surface area contributed by atoms with Crippen LogP contribution in [0.15, 0.2) is 24.3 Å². The van der Waals surface area contributed by atoms with Gasteiger partial charge in [-0.2, -0.15) is 0 Å². The van der Waals surface area contributed by atoms with Crippen molar-refractivity contribution in [3.8, 4) is 17.3 Å². The van der Waals surface area contributed by atoms with Gasteiger partial charge < -0.3 is 29.8 Å². The van der Waals surface area contributed by atoms with Crippen LogP contribution in [0.3, 0.4) is 0 Å². The van der Waals surface area contributed by atoms with Gasteiger partial charge in [-0.1, -0.05) is 0 Å². The Morgan fingerprint density at radius 3 is 2.62 bits per heavy atom. The van der Waals surface area contributed by atoms with Crippen molar-refractivity contribution in [2.45, 2.75) is 57.2 Å². The first-order chi connectivity index (χ1) is 17.4. The van der Waals surface area contributed by atoms with Gasteiger partial charge in [0.2, 0.25) is 0 Å². The highest BCUT2D eigenvalue weighted by Crippen LogP contribution is 2.36. The number of nitrogens with zero attached hydrogens (tertiary/aromatic N) is 4. The van der Waals surface area contributed by atoms with Crippen LogP contribution in [0.2, 0.25) is 0 Å². The summed E-state index contributed by atoms with van der Waals surface area (Å²) in [5, 5.41) is 3.12. The van der Waals surface area contributed by atoms with E-state index in [1.54, 1.807) is 13.2 Å². The molecule has 198 valence electrons. The zero-order chi connectivity index (χ0) is 25.0. The van der Waals surface area contributed by atoms with E-state index in [0.29, 0.717) is 47.6 Å². The van der Waals surface area contributed by atoms with Crippen LogP contribution in [0.1, 0.15) is 59.4 Å². The molecule has 0 radical (unpaired) electrons. The molecule has 37 heavy (non-hydrogen) atoms. The van der Waals surface area contributed by atoms with Crippen LogP contribution < -0.4 is 15.8 Å². The largest absolute Gasteiger partial charge is 0.494 e. The van der Waals surface area contributed by atoms with Crippen LogP contribution in [-0.2, 0) is 13.6 Å². The molecule has 9 nitrogen and oxygen atoms in total. The van der Waals surface area contributed by atoms with Crippen LogP contribution in [-0.4, -0.2) is 63.1 Å². The number of nitrogens with two attached hydrogens (primary N) is 1. The first-order valence-corrected chi connectivity index (χ1v) is 13.0. The molecule has 10 heteroatoms. The van der Waals surface area contributed by atoms with Crippen molar-refractivity contribution in [1.82, 2.24) is 24.3 Å². The summed E-state index contributed by atoms with van der Waals surface area (Å²) in [7, 11) is 3.57. The van der Waals surface area contributed by atoms with Crippen molar-refractivity contribution >= 4 is 35.3 Å². The van der Waals surface area contributed by atoms with Gasteiger partial charge in [0.15, 0.2) is 5.82 Å². The second kappa shape index (κ2) is 10.0. The number of fused-ring (bicyclic) bond motifs is 1. The number of carbonyl (C=O) groups excluding carboxylic acids is 2. The number of hydrogen-bond acceptors (Lipinski definition) is 5. The zero-order valence-corrected chi connectivity index (χ0v) is 22.2. The number of nitrogens with one attached hydrogen (secondary N) is 1. The Labute approximate surface area is 222 Å². The summed E-state index contributed by atoms with van der Waals surface area (Å²) in [6, 6.07) is 7.85. The fourth-order valence-electron chi connectivity index (χ4n) is 5.30. The highest BCUT2D eigenvalue weighted by atomic mass is 35.5. The van der Waals surface area contributed by atoms with Crippen molar-refractivity contribution in [2.75, 3.05) is 20.2 Å². The summed E-state index contributed by atoms with van der Waals surface area (Å²) in [6.07, 6.45) is 6.33. The zero-order valence-electron chi connectivity index (χ0n) is 21.4. The number of amides is 2. The molecule has 0 unspecified atom stereocenters. The SMILES string of the molecule is COc1cc(C(=O)N2CCC[C@@H](N)C2)cc2nc(-c3ccc(C(=O)NC4CC4)n3CC3CC3)n(C)c12.Cl. The summed E-state index contributed by atoms with van der Waals surface area (Å²) >= 11 is 0. The van der Waals surface area contributed by atoms with E-state index in [-0.39, 0.29) is 30.3 Å². The topological polar surface area (TPSA) is 107 Å². The number of piperidine rings is 1. The van der Waals surface area contributed by atoms with Crippen LogP contribution in [0, 0.1) is 5.92 Å². The molecular formula is C27H35ClN6O3. The Morgan fingerprint density at radius 2 is 1.95 bits per heavy atom. The molecule has 6 rings (SSSR count). The maximum atomic E-state index is 13.3. The molecule has 0 bridgehead atoms. The minimum atomic E-state index is -0.0475. The average molecular weight is 527 g/mol. The number of aryl methyl sites for hydroxylation is 1. The van der Waals surface area contributed by atoms with Gasteiger partial charge in [-0.25, -0.2) is 4.98 Å². The van der Waals surface area contributed by atoms with Crippen LogP contribution in [0.4, 0.5) is 0 Å². The lowest BCUT2D eigenvalue weighted by Gasteiger charge is -2.30. The maximum Gasteiger partial charge on any atom is 0.268 e. The number of likely N-dealkylation sites (tertiary alicyclic amines) is 1.